The number of carbonyl (C=O) groups excluding carboxylic acids is 10. The van der Waals surface area contributed by atoms with Crippen LogP contribution in [-0.2, 0) is 43.2 Å². The first kappa shape index (κ1) is 63.7. The van der Waals surface area contributed by atoms with Crippen LogP contribution in [0.4, 0.5) is 0 Å². The van der Waals surface area contributed by atoms with Crippen LogP contribution < -0.4 is 58.9 Å². The van der Waals surface area contributed by atoms with Gasteiger partial charge in [0, 0.05) is 39.6 Å². The van der Waals surface area contributed by atoms with Gasteiger partial charge in [0.1, 0.15) is 42.3 Å². The standard InChI is InChI=1S/C48H67Br2N11O15/c1-26(48(75)76)55-42(69)32(7-2-4-20-53-39(66)27-10-14-29(49)15-11-27)56-45(72)36(24-63)60-43(70)33(8-3-5-21-54-40(67)28-12-16-30(50)17-13-28)57-46(73)37(25-64)61-44(71)34(18-19-38(51)65)58-47(74)35(23-62)59-41(68)31-9-6-22-52-31/h10-17,26,31-37,52,62-64H,2-9,18-25H2,1H3,(H2,51,65)(H,53,66)(H,54,67)(H,55,69)(H,56,72)(H,57,73)(H,58,74)(H,59,68)(H,60,70)(H,61,71)(H,75,76)/t26-,31-,32-,33-,34-,35-,36-,37-/m0/s1. The van der Waals surface area contributed by atoms with Crippen molar-refractivity contribution in [3.05, 3.63) is 68.6 Å². The number of halogens is 2. The molecule has 0 saturated carbocycles. The summed E-state index contributed by atoms with van der Waals surface area (Å²) in [6.07, 6.45) is 0.896. The second kappa shape index (κ2) is 33.4. The van der Waals surface area contributed by atoms with E-state index < -0.39 is 140 Å². The zero-order chi connectivity index (χ0) is 56.3. The molecule has 8 atom stereocenters. The molecule has 0 radical (unpaired) electrons. The van der Waals surface area contributed by atoms with Gasteiger partial charge >= 0.3 is 5.97 Å². The Bertz CT molecular complexity index is 2330. The van der Waals surface area contributed by atoms with Gasteiger partial charge in [-0.2, -0.15) is 0 Å². The van der Waals surface area contributed by atoms with E-state index in [1.165, 1.54) is 6.92 Å². The number of carboxylic acid groups (broad SMARTS) is 1. The highest BCUT2D eigenvalue weighted by Crippen LogP contribution is 2.13. The zero-order valence-electron chi connectivity index (χ0n) is 41.7. The predicted molar refractivity (Wildman–Crippen MR) is 278 cm³/mol. The Morgan fingerprint density at radius 1 is 0.553 bits per heavy atom. The summed E-state index contributed by atoms with van der Waals surface area (Å²) < 4.78 is 1.53. The number of aliphatic hydroxyl groups is 3. The second-order valence-electron chi connectivity index (χ2n) is 17.7. The first-order valence-corrected chi connectivity index (χ1v) is 26.0. The largest absolute Gasteiger partial charge is 0.480 e. The maximum atomic E-state index is 14.0. The van der Waals surface area contributed by atoms with Gasteiger partial charge in [-0.1, -0.05) is 31.9 Å². The number of carbonyl (C=O) groups is 11. The van der Waals surface area contributed by atoms with Crippen molar-refractivity contribution in [3.8, 4) is 0 Å². The molecular weight excluding hydrogens is 1130 g/mol. The fraction of sp³-hybridized carbons (Fsp3) is 0.521. The molecule has 0 aliphatic carbocycles. The van der Waals surface area contributed by atoms with Crippen LogP contribution >= 0.6 is 31.9 Å². The fourth-order valence-corrected chi connectivity index (χ4v) is 7.88. The number of rotatable bonds is 33. The van der Waals surface area contributed by atoms with E-state index in [4.69, 9.17) is 5.73 Å². The maximum absolute atomic E-state index is 14.0. The van der Waals surface area contributed by atoms with E-state index in [0.717, 1.165) is 8.95 Å². The Morgan fingerprint density at radius 2 is 0.921 bits per heavy atom. The number of unbranched alkanes of at least 4 members (excludes halogenated alkanes) is 2. The molecule has 2 aromatic carbocycles. The van der Waals surface area contributed by atoms with Crippen molar-refractivity contribution in [3.63, 3.8) is 0 Å². The first-order chi connectivity index (χ1) is 36.2. The number of aliphatic hydroxyl groups excluding tert-OH is 3. The van der Waals surface area contributed by atoms with Gasteiger partial charge in [0.05, 0.1) is 25.9 Å². The number of nitrogens with one attached hydrogen (secondary N) is 10. The van der Waals surface area contributed by atoms with E-state index in [1.54, 1.807) is 48.5 Å². The molecule has 1 fully saturated rings. The van der Waals surface area contributed by atoms with Crippen molar-refractivity contribution < 1.29 is 73.2 Å². The van der Waals surface area contributed by atoms with E-state index in [0.29, 0.717) is 36.9 Å². The molecule has 0 aromatic heterocycles. The van der Waals surface area contributed by atoms with Gasteiger partial charge in [0.2, 0.25) is 47.3 Å². The minimum absolute atomic E-state index is 0.0841. The van der Waals surface area contributed by atoms with Crippen molar-refractivity contribution in [2.24, 2.45) is 5.73 Å². The van der Waals surface area contributed by atoms with Gasteiger partial charge in [-0.15, -0.1) is 0 Å². The van der Waals surface area contributed by atoms with E-state index in [2.05, 4.69) is 85.0 Å². The summed E-state index contributed by atoms with van der Waals surface area (Å²) in [6.45, 7) is -0.991. The van der Waals surface area contributed by atoms with Crippen LogP contribution in [0.3, 0.4) is 0 Å². The highest BCUT2D eigenvalue weighted by atomic mass is 79.9. The predicted octanol–water partition coefficient (Wildman–Crippen LogP) is -2.80. The molecule has 28 heteroatoms. The van der Waals surface area contributed by atoms with Gasteiger partial charge in [-0.25, -0.2) is 0 Å². The maximum Gasteiger partial charge on any atom is 0.325 e. The molecule has 1 saturated heterocycles. The van der Waals surface area contributed by atoms with Crippen LogP contribution in [0.2, 0.25) is 0 Å². The highest BCUT2D eigenvalue weighted by molar-refractivity contribution is 9.10. The van der Waals surface area contributed by atoms with Crippen LogP contribution in [0.1, 0.15) is 91.8 Å². The number of carboxylic acids is 1. The topological polar surface area (TPSA) is 415 Å². The minimum atomic E-state index is -1.83. The zero-order valence-corrected chi connectivity index (χ0v) is 44.8. The summed E-state index contributed by atoms with van der Waals surface area (Å²) in [5.74, 6) is -9.97. The SMILES string of the molecule is C[C@H](NC(=O)[C@H](CCCCNC(=O)c1ccc(Br)cc1)NC(=O)[C@H](CO)NC(=O)[C@H](CCCCNC(=O)c1ccc(Br)cc1)NC(=O)[C@H](CO)NC(=O)[C@H](CCC(N)=O)NC(=O)[C@H](CO)NC(=O)[C@@H]1CCCN1)C(=O)O. The van der Waals surface area contributed by atoms with Gasteiger partial charge in [-0.05, 0) is 120 Å². The summed E-state index contributed by atoms with van der Waals surface area (Å²) in [5.41, 5.74) is 6.06. The van der Waals surface area contributed by atoms with Crippen LogP contribution in [0.15, 0.2) is 57.5 Å². The number of primary amides is 1. The van der Waals surface area contributed by atoms with Crippen LogP contribution in [0, 0.1) is 0 Å². The van der Waals surface area contributed by atoms with Crippen molar-refractivity contribution >= 4 is 96.9 Å². The van der Waals surface area contributed by atoms with Crippen LogP contribution in [0.25, 0.3) is 0 Å². The average molecular weight is 1200 g/mol. The lowest BCUT2D eigenvalue weighted by molar-refractivity contribution is -0.142. The summed E-state index contributed by atoms with van der Waals surface area (Å²) in [7, 11) is 0. The molecule has 10 amide bonds. The van der Waals surface area contributed by atoms with Gasteiger partial charge in [0.25, 0.3) is 11.8 Å². The lowest BCUT2D eigenvalue weighted by Crippen LogP contribution is -2.61. The molecule has 0 bridgehead atoms. The average Bonchev–Trinajstić information content (AvgIpc) is 3.94. The van der Waals surface area contributed by atoms with E-state index >= 15 is 0 Å². The summed E-state index contributed by atoms with van der Waals surface area (Å²) >= 11 is 6.60. The summed E-state index contributed by atoms with van der Waals surface area (Å²) in [5, 5.41) is 64.8. The normalized spacial score (nSPS) is 15.6. The highest BCUT2D eigenvalue weighted by Gasteiger charge is 2.34. The molecule has 26 nitrogen and oxygen atoms in total. The quantitative estimate of drug-likeness (QED) is 0.0321. The fourth-order valence-electron chi connectivity index (χ4n) is 7.35. The molecule has 76 heavy (non-hydrogen) atoms. The number of hydrogen-bond acceptors (Lipinski definition) is 15. The minimum Gasteiger partial charge on any atom is -0.480 e. The third kappa shape index (κ3) is 22.3. The molecule has 1 heterocycles. The van der Waals surface area contributed by atoms with E-state index in [-0.39, 0.29) is 51.1 Å². The summed E-state index contributed by atoms with van der Waals surface area (Å²) in [4.78, 5) is 143. The van der Waals surface area contributed by atoms with Crippen LogP contribution in [0.5, 0.6) is 0 Å². The monoisotopic (exact) mass is 1200 g/mol. The molecule has 418 valence electrons. The molecule has 1 aliphatic rings. The molecule has 3 rings (SSSR count). The first-order valence-electron chi connectivity index (χ1n) is 24.4. The smallest absolute Gasteiger partial charge is 0.325 e. The number of amides is 10. The third-order valence-corrected chi connectivity index (χ3v) is 12.8. The molecule has 16 N–H and O–H groups in total. The molecule has 2 aromatic rings. The summed E-state index contributed by atoms with van der Waals surface area (Å²) in [6, 6.07) is 1.40. The van der Waals surface area contributed by atoms with Crippen molar-refractivity contribution in [1.82, 2.24) is 53.2 Å². The number of hydrogen-bond donors (Lipinski definition) is 15. The van der Waals surface area contributed by atoms with E-state index in [1.807, 2.05) is 0 Å². The Labute approximate surface area is 454 Å². The Balaban J connectivity index is 1.77. The number of aliphatic carboxylic acids is 1. The van der Waals surface area contributed by atoms with Crippen molar-refractivity contribution in [2.75, 3.05) is 39.5 Å². The Morgan fingerprint density at radius 3 is 1.29 bits per heavy atom. The van der Waals surface area contributed by atoms with Gasteiger partial charge in [-0.3, -0.25) is 52.7 Å². The van der Waals surface area contributed by atoms with Gasteiger partial charge in [0.15, 0.2) is 0 Å². The van der Waals surface area contributed by atoms with E-state index in [9.17, 15) is 73.2 Å². The third-order valence-electron chi connectivity index (χ3n) is 11.8. The number of benzene rings is 2. The van der Waals surface area contributed by atoms with Crippen LogP contribution in [-0.4, -0.2) is 173 Å². The Kier molecular flexibility index (Phi) is 28.0. The lowest BCUT2D eigenvalue weighted by atomic mass is 10.1. The molecule has 0 unspecified atom stereocenters. The Hall–Kier alpha value is -6.59. The lowest BCUT2D eigenvalue weighted by Gasteiger charge is -2.27. The number of nitrogens with two attached hydrogens (primary N) is 1. The van der Waals surface area contributed by atoms with Gasteiger partial charge < -0.3 is 79.3 Å². The molecular formula is C48H67Br2N11O15. The molecule has 1 aliphatic heterocycles. The second-order valence-corrected chi connectivity index (χ2v) is 19.5. The van der Waals surface area contributed by atoms with Crippen molar-refractivity contribution in [2.45, 2.75) is 119 Å². The van der Waals surface area contributed by atoms with Crippen molar-refractivity contribution in [1.29, 1.82) is 0 Å². The molecule has 0 spiro atoms.